The number of halogens is 1. The third-order valence-electron chi connectivity index (χ3n) is 2.05. The molecule has 0 radical (unpaired) electrons. The van der Waals surface area contributed by atoms with E-state index in [0.717, 1.165) is 20.8 Å². The Bertz CT molecular complexity index is 463. The second-order valence-electron chi connectivity index (χ2n) is 3.12. The average Bonchev–Trinajstić information content (AvgIpc) is 2.02. The van der Waals surface area contributed by atoms with Crippen molar-refractivity contribution in [1.29, 1.82) is 0 Å². The molecule has 0 aromatic heterocycles. The smallest absolute Gasteiger partial charge is 0.124 e. The number of aryl methyl sites for hydroxylation is 1. The molecular formula is C11H9BrO. The summed E-state index contributed by atoms with van der Waals surface area (Å²) in [5, 5.41) is 11.6. The number of benzene rings is 2. The molecule has 1 nitrogen and oxygen atoms in total. The van der Waals surface area contributed by atoms with Gasteiger partial charge in [0.2, 0.25) is 0 Å². The Balaban J connectivity index is 2.94. The third kappa shape index (κ3) is 1.42. The molecule has 13 heavy (non-hydrogen) atoms. The SMILES string of the molecule is Cc1cc(O)c2c(Br)cccc2c1. The molecule has 0 amide bonds. The van der Waals surface area contributed by atoms with E-state index in [1.807, 2.05) is 25.1 Å². The molecule has 2 aromatic rings. The molecule has 2 rings (SSSR count). The highest BCUT2D eigenvalue weighted by atomic mass is 79.9. The Morgan fingerprint density at radius 3 is 2.77 bits per heavy atom. The van der Waals surface area contributed by atoms with E-state index in [0.29, 0.717) is 5.75 Å². The van der Waals surface area contributed by atoms with Crippen LogP contribution in [0.5, 0.6) is 5.75 Å². The van der Waals surface area contributed by atoms with Gasteiger partial charge in [-0.15, -0.1) is 0 Å². The first-order chi connectivity index (χ1) is 6.18. The fourth-order valence-corrected chi connectivity index (χ4v) is 2.09. The van der Waals surface area contributed by atoms with Gasteiger partial charge in [0, 0.05) is 9.86 Å². The quantitative estimate of drug-likeness (QED) is 0.741. The van der Waals surface area contributed by atoms with Gasteiger partial charge in [-0.25, -0.2) is 0 Å². The zero-order valence-electron chi connectivity index (χ0n) is 7.21. The van der Waals surface area contributed by atoms with Crippen LogP contribution in [-0.4, -0.2) is 5.11 Å². The summed E-state index contributed by atoms with van der Waals surface area (Å²) in [7, 11) is 0. The second-order valence-corrected chi connectivity index (χ2v) is 3.98. The summed E-state index contributed by atoms with van der Waals surface area (Å²) in [5.74, 6) is 0.336. The highest BCUT2D eigenvalue weighted by Crippen LogP contribution is 2.32. The number of aromatic hydroxyl groups is 1. The van der Waals surface area contributed by atoms with E-state index >= 15 is 0 Å². The van der Waals surface area contributed by atoms with Crippen molar-refractivity contribution in [3.8, 4) is 5.75 Å². The van der Waals surface area contributed by atoms with E-state index < -0.39 is 0 Å². The lowest BCUT2D eigenvalue weighted by Gasteiger charge is -2.04. The highest BCUT2D eigenvalue weighted by Gasteiger charge is 2.03. The van der Waals surface area contributed by atoms with E-state index in [2.05, 4.69) is 22.0 Å². The van der Waals surface area contributed by atoms with Crippen LogP contribution in [0.1, 0.15) is 5.56 Å². The largest absolute Gasteiger partial charge is 0.507 e. The molecule has 1 N–H and O–H groups in total. The lowest BCUT2D eigenvalue weighted by Crippen LogP contribution is -1.78. The van der Waals surface area contributed by atoms with Gasteiger partial charge in [-0.2, -0.15) is 0 Å². The Hall–Kier alpha value is -1.02. The molecule has 0 aliphatic rings. The third-order valence-corrected chi connectivity index (χ3v) is 2.71. The molecule has 2 heteroatoms. The van der Waals surface area contributed by atoms with Crippen molar-refractivity contribution >= 4 is 26.7 Å². The molecule has 0 saturated carbocycles. The van der Waals surface area contributed by atoms with Crippen LogP contribution in [0.25, 0.3) is 10.8 Å². The van der Waals surface area contributed by atoms with Crippen LogP contribution in [0.4, 0.5) is 0 Å². The molecule has 0 aliphatic carbocycles. The lowest BCUT2D eigenvalue weighted by atomic mass is 10.1. The van der Waals surface area contributed by atoms with Crippen molar-refractivity contribution in [2.45, 2.75) is 6.92 Å². The van der Waals surface area contributed by atoms with Gasteiger partial charge in [-0.1, -0.05) is 34.1 Å². The summed E-state index contributed by atoms with van der Waals surface area (Å²) in [6, 6.07) is 9.71. The normalized spacial score (nSPS) is 10.6. The van der Waals surface area contributed by atoms with E-state index in [1.54, 1.807) is 6.07 Å². The molecule has 0 heterocycles. The first kappa shape index (κ1) is 8.57. The second kappa shape index (κ2) is 3.04. The number of phenolic OH excluding ortho intramolecular Hbond substituents is 1. The van der Waals surface area contributed by atoms with Gasteiger partial charge in [0.05, 0.1) is 0 Å². The molecule has 0 unspecified atom stereocenters. The average molecular weight is 237 g/mol. The lowest BCUT2D eigenvalue weighted by molar-refractivity contribution is 0.481. The first-order valence-electron chi connectivity index (χ1n) is 4.06. The molecule has 0 bridgehead atoms. The van der Waals surface area contributed by atoms with Gasteiger partial charge in [-0.05, 0) is 30.0 Å². The number of rotatable bonds is 0. The Labute approximate surface area is 85.1 Å². The summed E-state index contributed by atoms with van der Waals surface area (Å²) in [6.07, 6.45) is 0. The van der Waals surface area contributed by atoms with Gasteiger partial charge in [0.1, 0.15) is 5.75 Å². The molecule has 0 aliphatic heterocycles. The summed E-state index contributed by atoms with van der Waals surface area (Å²) in [4.78, 5) is 0. The number of hydrogen-bond acceptors (Lipinski definition) is 1. The Kier molecular flexibility index (Phi) is 2.00. The van der Waals surface area contributed by atoms with Crippen LogP contribution in [-0.2, 0) is 0 Å². The highest BCUT2D eigenvalue weighted by molar-refractivity contribution is 9.10. The fourth-order valence-electron chi connectivity index (χ4n) is 1.51. The van der Waals surface area contributed by atoms with E-state index in [1.165, 1.54) is 0 Å². The predicted molar refractivity (Wildman–Crippen MR) is 58.0 cm³/mol. The zero-order chi connectivity index (χ0) is 9.42. The van der Waals surface area contributed by atoms with Crippen LogP contribution in [0, 0.1) is 6.92 Å². The minimum Gasteiger partial charge on any atom is -0.507 e. The molecule has 0 saturated heterocycles. The van der Waals surface area contributed by atoms with Gasteiger partial charge in [-0.3, -0.25) is 0 Å². The minimum absolute atomic E-state index is 0.336. The zero-order valence-corrected chi connectivity index (χ0v) is 8.80. The van der Waals surface area contributed by atoms with Crippen molar-refractivity contribution in [2.75, 3.05) is 0 Å². The molecule has 66 valence electrons. The minimum atomic E-state index is 0.336. The Morgan fingerprint density at radius 1 is 1.23 bits per heavy atom. The predicted octanol–water partition coefficient (Wildman–Crippen LogP) is 3.62. The maximum atomic E-state index is 9.70. The maximum absolute atomic E-state index is 9.70. The summed E-state index contributed by atoms with van der Waals surface area (Å²) in [6.45, 7) is 1.97. The maximum Gasteiger partial charge on any atom is 0.124 e. The van der Waals surface area contributed by atoms with Gasteiger partial charge < -0.3 is 5.11 Å². The summed E-state index contributed by atoms with van der Waals surface area (Å²) in [5.41, 5.74) is 1.07. The van der Waals surface area contributed by atoms with Crippen LogP contribution in [0.2, 0.25) is 0 Å². The van der Waals surface area contributed by atoms with Crippen molar-refractivity contribution in [2.24, 2.45) is 0 Å². The summed E-state index contributed by atoms with van der Waals surface area (Å²) >= 11 is 3.41. The fraction of sp³-hybridized carbons (Fsp3) is 0.0909. The molecular weight excluding hydrogens is 228 g/mol. The van der Waals surface area contributed by atoms with Crippen LogP contribution in [0.15, 0.2) is 34.8 Å². The van der Waals surface area contributed by atoms with Crippen LogP contribution < -0.4 is 0 Å². The topological polar surface area (TPSA) is 20.2 Å². The van der Waals surface area contributed by atoms with Crippen molar-refractivity contribution in [1.82, 2.24) is 0 Å². The molecule has 0 atom stereocenters. The number of phenols is 1. The van der Waals surface area contributed by atoms with Crippen molar-refractivity contribution < 1.29 is 5.11 Å². The first-order valence-corrected chi connectivity index (χ1v) is 4.85. The number of hydrogen-bond donors (Lipinski definition) is 1. The molecule has 2 aromatic carbocycles. The monoisotopic (exact) mass is 236 g/mol. The van der Waals surface area contributed by atoms with Gasteiger partial charge in [0.25, 0.3) is 0 Å². The van der Waals surface area contributed by atoms with Gasteiger partial charge in [0.15, 0.2) is 0 Å². The van der Waals surface area contributed by atoms with E-state index in [-0.39, 0.29) is 0 Å². The van der Waals surface area contributed by atoms with E-state index in [9.17, 15) is 5.11 Å². The molecule has 0 fully saturated rings. The summed E-state index contributed by atoms with van der Waals surface area (Å²) < 4.78 is 0.933. The van der Waals surface area contributed by atoms with Gasteiger partial charge >= 0.3 is 0 Å². The molecule has 0 spiro atoms. The van der Waals surface area contributed by atoms with Crippen LogP contribution >= 0.6 is 15.9 Å². The standard InChI is InChI=1S/C11H9BrO/c1-7-5-8-3-2-4-9(12)11(8)10(13)6-7/h2-6,13H,1H3. The van der Waals surface area contributed by atoms with Crippen LogP contribution in [0.3, 0.4) is 0 Å². The number of fused-ring (bicyclic) bond motifs is 1. The van der Waals surface area contributed by atoms with Crippen molar-refractivity contribution in [3.63, 3.8) is 0 Å². The van der Waals surface area contributed by atoms with E-state index in [4.69, 9.17) is 0 Å². The Morgan fingerprint density at radius 2 is 2.00 bits per heavy atom. The van der Waals surface area contributed by atoms with Crippen molar-refractivity contribution in [3.05, 3.63) is 40.4 Å².